The van der Waals surface area contributed by atoms with Crippen LogP contribution in [-0.4, -0.2) is 7.85 Å². The molecule has 0 aliphatic carbocycles. The van der Waals surface area contributed by atoms with Crippen molar-refractivity contribution in [2.45, 2.75) is 0 Å². The second kappa shape index (κ2) is 2.41. The van der Waals surface area contributed by atoms with Crippen molar-refractivity contribution in [3.05, 3.63) is 28.9 Å². The average molecular weight is 207 g/mol. The summed E-state index contributed by atoms with van der Waals surface area (Å²) < 4.78 is 6.17. The van der Waals surface area contributed by atoms with Crippen LogP contribution in [0.15, 0.2) is 33.4 Å². The standard InChI is InChI=1S/C8H4BBrO/c9-7-4-11-8-2-1-5(10)3-6(7)8/h1-4H. The highest BCUT2D eigenvalue weighted by Crippen LogP contribution is 2.18. The highest BCUT2D eigenvalue weighted by atomic mass is 79.9. The van der Waals surface area contributed by atoms with E-state index in [1.54, 1.807) is 6.26 Å². The summed E-state index contributed by atoms with van der Waals surface area (Å²) in [5.41, 5.74) is 1.51. The van der Waals surface area contributed by atoms with Crippen molar-refractivity contribution in [3.8, 4) is 0 Å². The third-order valence-corrected chi connectivity index (χ3v) is 2.06. The van der Waals surface area contributed by atoms with E-state index in [1.807, 2.05) is 18.2 Å². The number of benzene rings is 1. The minimum absolute atomic E-state index is 0.682. The molecule has 0 aliphatic heterocycles. The molecule has 52 valence electrons. The molecule has 1 heterocycles. The van der Waals surface area contributed by atoms with Gasteiger partial charge in [0.1, 0.15) is 13.4 Å². The fourth-order valence-corrected chi connectivity index (χ4v) is 1.38. The molecular weight excluding hydrogens is 203 g/mol. The Balaban J connectivity index is 2.87. The van der Waals surface area contributed by atoms with E-state index in [-0.39, 0.29) is 0 Å². The zero-order valence-corrected chi connectivity index (χ0v) is 7.26. The Morgan fingerprint density at radius 1 is 1.36 bits per heavy atom. The predicted molar refractivity (Wildman–Crippen MR) is 49.3 cm³/mol. The third kappa shape index (κ3) is 1.09. The summed E-state index contributed by atoms with van der Waals surface area (Å²) in [5.74, 6) is 0. The second-order valence-corrected chi connectivity index (χ2v) is 3.25. The number of fused-ring (bicyclic) bond motifs is 1. The molecule has 0 aliphatic rings. The van der Waals surface area contributed by atoms with Gasteiger partial charge in [-0.15, -0.1) is 0 Å². The molecule has 0 spiro atoms. The van der Waals surface area contributed by atoms with E-state index in [2.05, 4.69) is 15.9 Å². The summed E-state index contributed by atoms with van der Waals surface area (Å²) in [5, 5.41) is 0.958. The lowest BCUT2D eigenvalue weighted by Crippen LogP contribution is -1.96. The van der Waals surface area contributed by atoms with Gasteiger partial charge in [0.05, 0.1) is 6.26 Å². The molecule has 1 nitrogen and oxygen atoms in total. The van der Waals surface area contributed by atoms with Gasteiger partial charge < -0.3 is 4.42 Å². The van der Waals surface area contributed by atoms with Crippen molar-refractivity contribution in [3.63, 3.8) is 0 Å². The van der Waals surface area contributed by atoms with Crippen LogP contribution < -0.4 is 5.46 Å². The molecule has 0 bridgehead atoms. The summed E-state index contributed by atoms with van der Waals surface area (Å²) in [7, 11) is 5.63. The highest BCUT2D eigenvalue weighted by Gasteiger charge is 1.99. The summed E-state index contributed by atoms with van der Waals surface area (Å²) in [4.78, 5) is 0. The van der Waals surface area contributed by atoms with E-state index in [0.29, 0.717) is 5.46 Å². The lowest BCUT2D eigenvalue weighted by atomic mass is 9.96. The number of halogens is 1. The largest absolute Gasteiger partial charge is 0.465 e. The van der Waals surface area contributed by atoms with Gasteiger partial charge in [-0.3, -0.25) is 0 Å². The van der Waals surface area contributed by atoms with Crippen LogP contribution >= 0.6 is 15.9 Å². The van der Waals surface area contributed by atoms with Gasteiger partial charge in [-0.25, -0.2) is 0 Å². The minimum atomic E-state index is 0.682. The van der Waals surface area contributed by atoms with E-state index in [0.717, 1.165) is 15.4 Å². The molecule has 11 heavy (non-hydrogen) atoms. The van der Waals surface area contributed by atoms with Gasteiger partial charge in [0.15, 0.2) is 0 Å². The van der Waals surface area contributed by atoms with Crippen LogP contribution in [0.4, 0.5) is 0 Å². The Hall–Kier alpha value is -0.695. The van der Waals surface area contributed by atoms with Crippen molar-refractivity contribution in [2.75, 3.05) is 0 Å². The maximum Gasteiger partial charge on any atom is 0.133 e. The van der Waals surface area contributed by atoms with Crippen LogP contribution in [0.2, 0.25) is 0 Å². The molecule has 1 aromatic carbocycles. The van der Waals surface area contributed by atoms with Gasteiger partial charge in [-0.1, -0.05) is 21.4 Å². The quantitative estimate of drug-likeness (QED) is 0.602. The predicted octanol–water partition coefficient (Wildman–Crippen LogP) is 1.99. The fraction of sp³-hybridized carbons (Fsp3) is 0. The van der Waals surface area contributed by atoms with E-state index in [1.165, 1.54) is 0 Å². The summed E-state index contributed by atoms with van der Waals surface area (Å²) in [6, 6.07) is 5.75. The fourth-order valence-electron chi connectivity index (χ4n) is 1.02. The Morgan fingerprint density at radius 2 is 2.18 bits per heavy atom. The zero-order chi connectivity index (χ0) is 7.84. The summed E-state index contributed by atoms with van der Waals surface area (Å²) in [6.07, 6.45) is 1.55. The molecule has 0 atom stereocenters. The normalized spacial score (nSPS) is 10.6. The molecule has 0 saturated heterocycles. The maximum absolute atomic E-state index is 5.63. The van der Waals surface area contributed by atoms with Crippen molar-refractivity contribution in [1.82, 2.24) is 0 Å². The van der Waals surface area contributed by atoms with Crippen LogP contribution in [0.5, 0.6) is 0 Å². The zero-order valence-electron chi connectivity index (χ0n) is 5.67. The van der Waals surface area contributed by atoms with Crippen LogP contribution in [0.1, 0.15) is 0 Å². The Bertz CT molecular complexity index is 394. The molecular formula is C8H4BBrO. The van der Waals surface area contributed by atoms with Gasteiger partial charge in [0.2, 0.25) is 0 Å². The first-order chi connectivity index (χ1) is 5.27. The van der Waals surface area contributed by atoms with Crippen molar-refractivity contribution in [2.24, 2.45) is 0 Å². The van der Waals surface area contributed by atoms with Crippen molar-refractivity contribution in [1.29, 1.82) is 0 Å². The molecule has 2 aromatic rings. The van der Waals surface area contributed by atoms with Gasteiger partial charge in [-0.2, -0.15) is 0 Å². The number of hydrogen-bond acceptors (Lipinski definition) is 1. The smallest absolute Gasteiger partial charge is 0.133 e. The Labute approximate surface area is 73.9 Å². The second-order valence-electron chi connectivity index (χ2n) is 2.33. The van der Waals surface area contributed by atoms with Crippen molar-refractivity contribution >= 4 is 40.2 Å². The van der Waals surface area contributed by atoms with Gasteiger partial charge in [0, 0.05) is 9.86 Å². The van der Waals surface area contributed by atoms with Gasteiger partial charge in [0.25, 0.3) is 0 Å². The molecule has 2 rings (SSSR count). The molecule has 0 saturated carbocycles. The van der Waals surface area contributed by atoms with E-state index in [4.69, 9.17) is 12.3 Å². The molecule has 0 unspecified atom stereocenters. The molecule has 2 radical (unpaired) electrons. The molecule has 0 N–H and O–H groups in total. The van der Waals surface area contributed by atoms with Gasteiger partial charge >= 0.3 is 0 Å². The first-order valence-electron chi connectivity index (χ1n) is 3.19. The van der Waals surface area contributed by atoms with Crippen molar-refractivity contribution < 1.29 is 4.42 Å². The Morgan fingerprint density at radius 3 is 3.00 bits per heavy atom. The topological polar surface area (TPSA) is 13.1 Å². The first kappa shape index (κ1) is 6.98. The highest BCUT2D eigenvalue weighted by molar-refractivity contribution is 9.10. The first-order valence-corrected chi connectivity index (χ1v) is 3.99. The maximum atomic E-state index is 5.63. The summed E-state index contributed by atoms with van der Waals surface area (Å²) >= 11 is 3.35. The number of rotatable bonds is 0. The molecule has 3 heteroatoms. The SMILES string of the molecule is [B]c1coc2ccc(Br)cc12. The number of furan rings is 1. The summed E-state index contributed by atoms with van der Waals surface area (Å²) in [6.45, 7) is 0. The van der Waals surface area contributed by atoms with Crippen LogP contribution in [-0.2, 0) is 0 Å². The minimum Gasteiger partial charge on any atom is -0.465 e. The van der Waals surface area contributed by atoms with Crippen LogP contribution in [0.25, 0.3) is 11.0 Å². The van der Waals surface area contributed by atoms with E-state index >= 15 is 0 Å². The van der Waals surface area contributed by atoms with E-state index < -0.39 is 0 Å². The van der Waals surface area contributed by atoms with Crippen LogP contribution in [0, 0.1) is 0 Å². The van der Waals surface area contributed by atoms with E-state index in [9.17, 15) is 0 Å². The molecule has 1 aromatic heterocycles. The third-order valence-electron chi connectivity index (χ3n) is 1.57. The average Bonchev–Trinajstić information content (AvgIpc) is 2.33. The molecule has 0 fully saturated rings. The lowest BCUT2D eigenvalue weighted by molar-refractivity contribution is 0.618. The van der Waals surface area contributed by atoms with Crippen LogP contribution in [0.3, 0.4) is 0 Å². The lowest BCUT2D eigenvalue weighted by Gasteiger charge is -1.90. The monoisotopic (exact) mass is 206 g/mol. The Kier molecular flexibility index (Phi) is 1.53. The van der Waals surface area contributed by atoms with Gasteiger partial charge in [-0.05, 0) is 18.2 Å². The molecule has 0 amide bonds. The number of hydrogen-bond donors (Lipinski definition) is 0.